The Morgan fingerprint density at radius 1 is 0.929 bits per heavy atom. The van der Waals surface area contributed by atoms with E-state index in [-0.39, 0.29) is 11.3 Å². The average Bonchev–Trinajstić information content (AvgIpc) is 2.99. The number of benzene rings is 3. The van der Waals surface area contributed by atoms with Gasteiger partial charge in [-0.2, -0.15) is 0 Å². The fourth-order valence-electron chi connectivity index (χ4n) is 5.83. The van der Waals surface area contributed by atoms with Gasteiger partial charge in [0, 0.05) is 48.7 Å². The van der Waals surface area contributed by atoms with Gasteiger partial charge in [-0.05, 0) is 79.5 Å². The molecule has 3 aromatic carbocycles. The fraction of sp³-hybridized carbons (Fsp3) is 0.459. The lowest BCUT2D eigenvalue weighted by atomic mass is 9.79. The van der Waals surface area contributed by atoms with E-state index in [2.05, 4.69) is 106 Å². The van der Waals surface area contributed by atoms with Crippen molar-refractivity contribution < 1.29 is 9.50 Å². The minimum Gasteiger partial charge on any atom is -0.505 e. The van der Waals surface area contributed by atoms with E-state index >= 15 is 0 Å². The quantitative estimate of drug-likeness (QED) is 0.214. The molecule has 1 unspecified atom stereocenters. The fourth-order valence-corrected chi connectivity index (χ4v) is 5.83. The van der Waals surface area contributed by atoms with Crippen LogP contribution in [-0.4, -0.2) is 35.7 Å². The monoisotopic (exact) mass is 573 g/mol. The Hall–Kier alpha value is -3.15. The SMILES string of the molecule is C=C(CNC1(c2ccc(-c3ccc(C)c(C)c3)cc2)CCN(C(CC)CCC)CC1)Nc1ccc(F)c(O)c1.CCC. The molecule has 0 saturated carbocycles. The highest BCUT2D eigenvalue weighted by Crippen LogP contribution is 2.36. The molecule has 0 spiro atoms. The second kappa shape index (κ2) is 15.9. The predicted octanol–water partition coefficient (Wildman–Crippen LogP) is 9.32. The van der Waals surface area contributed by atoms with E-state index in [0.717, 1.165) is 31.6 Å². The van der Waals surface area contributed by atoms with Gasteiger partial charge in [-0.3, -0.25) is 0 Å². The van der Waals surface area contributed by atoms with E-state index in [1.165, 1.54) is 65.6 Å². The number of aryl methyl sites for hydroxylation is 2. The summed E-state index contributed by atoms with van der Waals surface area (Å²) in [7, 11) is 0. The van der Waals surface area contributed by atoms with E-state index in [1.807, 2.05) is 0 Å². The number of likely N-dealkylation sites (tertiary alicyclic amines) is 1. The summed E-state index contributed by atoms with van der Waals surface area (Å²) < 4.78 is 13.5. The molecular formula is C37H52FN3O. The van der Waals surface area contributed by atoms with Gasteiger partial charge in [0.2, 0.25) is 0 Å². The van der Waals surface area contributed by atoms with Gasteiger partial charge < -0.3 is 20.6 Å². The molecule has 1 saturated heterocycles. The Balaban J connectivity index is 0.00000155. The molecule has 3 aromatic rings. The van der Waals surface area contributed by atoms with Gasteiger partial charge in [-0.15, -0.1) is 0 Å². The van der Waals surface area contributed by atoms with Crippen LogP contribution in [0.5, 0.6) is 5.75 Å². The highest BCUT2D eigenvalue weighted by Gasteiger charge is 2.37. The lowest BCUT2D eigenvalue weighted by Gasteiger charge is -2.45. The van der Waals surface area contributed by atoms with E-state index in [4.69, 9.17) is 0 Å². The summed E-state index contributed by atoms with van der Waals surface area (Å²) in [6, 6.07) is 20.6. The van der Waals surface area contributed by atoms with Gasteiger partial charge >= 0.3 is 0 Å². The summed E-state index contributed by atoms with van der Waals surface area (Å²) in [5, 5.41) is 16.8. The third kappa shape index (κ3) is 8.68. The maximum Gasteiger partial charge on any atom is 0.164 e. The highest BCUT2D eigenvalue weighted by atomic mass is 19.1. The van der Waals surface area contributed by atoms with Crippen LogP contribution in [0.25, 0.3) is 11.1 Å². The molecule has 4 rings (SSSR count). The van der Waals surface area contributed by atoms with Crippen LogP contribution in [-0.2, 0) is 5.54 Å². The Labute approximate surface area is 254 Å². The van der Waals surface area contributed by atoms with Gasteiger partial charge in [0.1, 0.15) is 0 Å². The lowest BCUT2D eigenvalue weighted by molar-refractivity contribution is 0.0914. The standard InChI is InChI=1S/C34H44FN3O.C3H8/c1-6-8-31(7-2)38-19-17-34(18-20-38,36-23-26(5)37-30-15-16-32(35)33(39)22-30)29-13-11-27(12-14-29)28-10-9-24(3)25(4)21-28;1-3-2/h9-16,21-22,31,36-37,39H,5-8,17-20,23H2,1-4H3;3H2,1-2H3. The number of nitrogens with zero attached hydrogens (tertiary/aromatic N) is 1. The van der Waals surface area contributed by atoms with Crippen LogP contribution in [0.2, 0.25) is 0 Å². The maximum absolute atomic E-state index is 13.5. The molecule has 0 bridgehead atoms. The summed E-state index contributed by atoms with van der Waals surface area (Å²) in [6.45, 7) is 20.0. The molecule has 1 atom stereocenters. The lowest BCUT2D eigenvalue weighted by Crippen LogP contribution is -2.53. The molecular weight excluding hydrogens is 521 g/mol. The van der Waals surface area contributed by atoms with Crippen molar-refractivity contribution >= 4 is 5.69 Å². The predicted molar refractivity (Wildman–Crippen MR) is 178 cm³/mol. The Morgan fingerprint density at radius 2 is 1.57 bits per heavy atom. The molecule has 1 aliphatic rings. The second-order valence-electron chi connectivity index (χ2n) is 11.8. The van der Waals surface area contributed by atoms with Gasteiger partial charge in [-0.25, -0.2) is 4.39 Å². The number of halogens is 1. The molecule has 42 heavy (non-hydrogen) atoms. The molecule has 0 amide bonds. The van der Waals surface area contributed by atoms with Gasteiger partial charge in [-0.1, -0.05) is 89.6 Å². The first-order valence-corrected chi connectivity index (χ1v) is 15.8. The molecule has 5 heteroatoms. The number of rotatable bonds is 11. The van der Waals surface area contributed by atoms with E-state index < -0.39 is 5.82 Å². The van der Waals surface area contributed by atoms with Crippen LogP contribution >= 0.6 is 0 Å². The summed E-state index contributed by atoms with van der Waals surface area (Å²) in [5.74, 6) is -1.00. The molecule has 228 valence electrons. The summed E-state index contributed by atoms with van der Waals surface area (Å²) >= 11 is 0. The van der Waals surface area contributed by atoms with Gasteiger partial charge in [0.15, 0.2) is 11.6 Å². The zero-order chi connectivity index (χ0) is 30.7. The minimum atomic E-state index is -0.632. The van der Waals surface area contributed by atoms with Crippen molar-refractivity contribution in [1.82, 2.24) is 10.2 Å². The van der Waals surface area contributed by atoms with Crippen molar-refractivity contribution in [2.75, 3.05) is 25.0 Å². The van der Waals surface area contributed by atoms with Crippen LogP contribution in [0.15, 0.2) is 72.9 Å². The molecule has 4 nitrogen and oxygen atoms in total. The largest absolute Gasteiger partial charge is 0.505 e. The molecule has 1 fully saturated rings. The number of hydrogen-bond donors (Lipinski definition) is 3. The number of piperidine rings is 1. The zero-order valence-electron chi connectivity index (χ0n) is 26.7. The van der Waals surface area contributed by atoms with Crippen molar-refractivity contribution in [2.24, 2.45) is 0 Å². The summed E-state index contributed by atoms with van der Waals surface area (Å²) in [6.07, 6.45) is 6.92. The van der Waals surface area contributed by atoms with E-state index in [0.29, 0.717) is 18.3 Å². The van der Waals surface area contributed by atoms with Crippen LogP contribution in [0.4, 0.5) is 10.1 Å². The molecule has 1 aliphatic heterocycles. The van der Waals surface area contributed by atoms with Crippen molar-refractivity contribution in [1.29, 1.82) is 0 Å². The average molecular weight is 574 g/mol. The molecule has 0 radical (unpaired) electrons. The van der Waals surface area contributed by atoms with Crippen LogP contribution in [0, 0.1) is 19.7 Å². The molecule has 1 heterocycles. The van der Waals surface area contributed by atoms with E-state index in [1.54, 1.807) is 6.07 Å². The third-order valence-corrected chi connectivity index (χ3v) is 8.45. The van der Waals surface area contributed by atoms with Gasteiger partial charge in [0.25, 0.3) is 0 Å². The first-order valence-electron chi connectivity index (χ1n) is 15.8. The van der Waals surface area contributed by atoms with Gasteiger partial charge in [0.05, 0.1) is 0 Å². The first kappa shape index (κ1) is 33.4. The highest BCUT2D eigenvalue weighted by molar-refractivity contribution is 5.65. The summed E-state index contributed by atoms with van der Waals surface area (Å²) in [5.41, 5.74) is 7.60. The molecule has 0 aliphatic carbocycles. The second-order valence-corrected chi connectivity index (χ2v) is 11.8. The number of anilines is 1. The Kier molecular flexibility index (Phi) is 12.6. The Bertz CT molecular complexity index is 1280. The van der Waals surface area contributed by atoms with Crippen LogP contribution < -0.4 is 10.6 Å². The summed E-state index contributed by atoms with van der Waals surface area (Å²) in [4.78, 5) is 2.67. The molecule has 0 aromatic heterocycles. The first-order chi connectivity index (χ1) is 20.2. The maximum atomic E-state index is 13.5. The number of hydrogen-bond acceptors (Lipinski definition) is 4. The van der Waals surface area contributed by atoms with Crippen molar-refractivity contribution in [3.8, 4) is 16.9 Å². The van der Waals surface area contributed by atoms with Crippen molar-refractivity contribution in [3.63, 3.8) is 0 Å². The van der Waals surface area contributed by atoms with Crippen molar-refractivity contribution in [3.05, 3.63) is 95.4 Å². The Morgan fingerprint density at radius 3 is 2.14 bits per heavy atom. The number of aromatic hydroxyl groups is 1. The third-order valence-electron chi connectivity index (χ3n) is 8.45. The smallest absolute Gasteiger partial charge is 0.164 e. The van der Waals surface area contributed by atoms with E-state index in [9.17, 15) is 9.50 Å². The zero-order valence-corrected chi connectivity index (χ0v) is 26.7. The van der Waals surface area contributed by atoms with Crippen LogP contribution in [0.1, 0.15) is 82.9 Å². The molecule has 3 N–H and O–H groups in total. The number of nitrogens with one attached hydrogen (secondary N) is 2. The minimum absolute atomic E-state index is 0.168. The topological polar surface area (TPSA) is 47.5 Å². The van der Waals surface area contributed by atoms with Crippen LogP contribution in [0.3, 0.4) is 0 Å². The normalized spacial score (nSPS) is 15.4. The number of phenols is 1. The number of phenolic OH excluding ortho intramolecular Hbond substituents is 1. The van der Waals surface area contributed by atoms with Crippen molar-refractivity contribution in [2.45, 2.75) is 91.6 Å².